The molecule has 3 fully saturated rings. The highest BCUT2D eigenvalue weighted by atomic mass is 16.6. The molecule has 1 saturated heterocycles. The molecule has 110 valence electrons. The van der Waals surface area contributed by atoms with Gasteiger partial charge < -0.3 is 14.2 Å². The van der Waals surface area contributed by atoms with E-state index in [4.69, 9.17) is 14.2 Å². The van der Waals surface area contributed by atoms with E-state index in [9.17, 15) is 9.59 Å². The Balaban J connectivity index is 1.75. The maximum absolute atomic E-state index is 12.0. The molecule has 20 heavy (non-hydrogen) atoms. The maximum atomic E-state index is 12.0. The van der Waals surface area contributed by atoms with Crippen molar-refractivity contribution in [3.8, 4) is 0 Å². The second-order valence-corrected chi connectivity index (χ2v) is 6.18. The van der Waals surface area contributed by atoms with Gasteiger partial charge in [0.05, 0.1) is 32.2 Å². The quantitative estimate of drug-likeness (QED) is 0.559. The van der Waals surface area contributed by atoms with Crippen LogP contribution in [0.25, 0.3) is 0 Å². The topological polar surface area (TPSA) is 61.8 Å². The van der Waals surface area contributed by atoms with Crippen molar-refractivity contribution < 1.29 is 23.8 Å². The Morgan fingerprint density at radius 1 is 1.45 bits per heavy atom. The average molecular weight is 280 g/mol. The summed E-state index contributed by atoms with van der Waals surface area (Å²) in [6.45, 7) is 6.71. The summed E-state index contributed by atoms with van der Waals surface area (Å²) in [6, 6.07) is 0. The molecule has 6 unspecified atom stereocenters. The minimum absolute atomic E-state index is 0.0801. The molecule has 0 N–H and O–H groups in total. The number of rotatable bonds is 5. The predicted octanol–water partition coefficient (Wildman–Crippen LogP) is 1.18. The molecule has 1 aliphatic heterocycles. The molecule has 5 heteroatoms. The zero-order valence-corrected chi connectivity index (χ0v) is 11.8. The Hall–Kier alpha value is -1.36. The molecule has 6 atom stereocenters. The van der Waals surface area contributed by atoms with Crippen molar-refractivity contribution in [2.45, 2.75) is 19.4 Å². The normalized spacial score (nSPS) is 40.8. The Morgan fingerprint density at radius 3 is 2.85 bits per heavy atom. The molecule has 2 saturated carbocycles. The number of fused-ring (bicyclic) bond motifs is 1. The molecule has 5 nitrogen and oxygen atoms in total. The number of ether oxygens (including phenoxy) is 3. The van der Waals surface area contributed by atoms with Crippen molar-refractivity contribution in [3.63, 3.8) is 0 Å². The van der Waals surface area contributed by atoms with Gasteiger partial charge in [-0.1, -0.05) is 12.2 Å². The molecule has 2 bridgehead atoms. The summed E-state index contributed by atoms with van der Waals surface area (Å²) in [5, 5.41) is 0. The van der Waals surface area contributed by atoms with Crippen molar-refractivity contribution in [2.24, 2.45) is 29.6 Å². The molecule has 0 spiro atoms. The lowest BCUT2D eigenvalue weighted by atomic mass is 9.74. The lowest BCUT2D eigenvalue weighted by molar-refractivity contribution is -0.153. The molecule has 0 radical (unpaired) electrons. The first-order valence-electron chi connectivity index (χ1n) is 7.05. The number of hydrogen-bond donors (Lipinski definition) is 0. The maximum Gasteiger partial charge on any atom is 0.310 e. The van der Waals surface area contributed by atoms with Gasteiger partial charge in [-0.3, -0.25) is 9.59 Å². The molecule has 3 aliphatic rings. The fourth-order valence-electron chi connectivity index (χ4n) is 4.23. The van der Waals surface area contributed by atoms with Crippen LogP contribution < -0.4 is 0 Å². The van der Waals surface area contributed by atoms with E-state index in [1.165, 1.54) is 7.11 Å². The summed E-state index contributed by atoms with van der Waals surface area (Å²) < 4.78 is 16.0. The van der Waals surface area contributed by atoms with Crippen LogP contribution in [-0.4, -0.2) is 38.4 Å². The summed E-state index contributed by atoms with van der Waals surface area (Å²) in [6.07, 6.45) is 0.783. The van der Waals surface area contributed by atoms with Crippen molar-refractivity contribution in [3.05, 3.63) is 12.2 Å². The third-order valence-corrected chi connectivity index (χ3v) is 4.90. The highest BCUT2D eigenvalue weighted by Crippen LogP contribution is 2.60. The van der Waals surface area contributed by atoms with Crippen molar-refractivity contribution in [2.75, 3.05) is 20.3 Å². The number of methoxy groups -OCH3 is 1. The van der Waals surface area contributed by atoms with Crippen LogP contribution in [0.1, 0.15) is 13.3 Å². The van der Waals surface area contributed by atoms with Crippen LogP contribution in [0.2, 0.25) is 0 Å². The van der Waals surface area contributed by atoms with Gasteiger partial charge in [-0.25, -0.2) is 0 Å². The highest BCUT2D eigenvalue weighted by Gasteiger charge is 2.68. The SMILES string of the molecule is C=C(C)COCC1C2CC3C1OC(=O)C3C2C(=O)OC. The van der Waals surface area contributed by atoms with E-state index >= 15 is 0 Å². The van der Waals surface area contributed by atoms with E-state index in [2.05, 4.69) is 6.58 Å². The third-order valence-electron chi connectivity index (χ3n) is 4.90. The molecule has 0 aromatic heterocycles. The first-order chi connectivity index (χ1) is 9.54. The Bertz CT molecular complexity index is 457. The second-order valence-electron chi connectivity index (χ2n) is 6.18. The molecule has 3 rings (SSSR count). The van der Waals surface area contributed by atoms with Crippen molar-refractivity contribution in [1.82, 2.24) is 0 Å². The van der Waals surface area contributed by atoms with Gasteiger partial charge in [0.25, 0.3) is 0 Å². The fourth-order valence-corrected chi connectivity index (χ4v) is 4.23. The van der Waals surface area contributed by atoms with Crippen LogP contribution in [0.4, 0.5) is 0 Å². The summed E-state index contributed by atoms with van der Waals surface area (Å²) in [5.41, 5.74) is 0.957. The highest BCUT2D eigenvalue weighted by molar-refractivity contribution is 5.85. The van der Waals surface area contributed by atoms with Gasteiger partial charge in [0.15, 0.2) is 0 Å². The van der Waals surface area contributed by atoms with Crippen LogP contribution in [0, 0.1) is 29.6 Å². The van der Waals surface area contributed by atoms with Crippen LogP contribution in [0.15, 0.2) is 12.2 Å². The molecule has 2 aliphatic carbocycles. The van der Waals surface area contributed by atoms with Crippen LogP contribution in [-0.2, 0) is 23.8 Å². The van der Waals surface area contributed by atoms with Gasteiger partial charge in [0.2, 0.25) is 0 Å². The van der Waals surface area contributed by atoms with Crippen LogP contribution in [0.3, 0.4) is 0 Å². The second kappa shape index (κ2) is 4.88. The fraction of sp³-hybridized carbons (Fsp3) is 0.733. The van der Waals surface area contributed by atoms with E-state index in [-0.39, 0.29) is 47.6 Å². The van der Waals surface area contributed by atoms with E-state index in [1.807, 2.05) is 6.92 Å². The van der Waals surface area contributed by atoms with Gasteiger partial charge in [-0.05, 0) is 19.3 Å². The largest absolute Gasteiger partial charge is 0.469 e. The first kappa shape index (κ1) is 13.6. The van der Waals surface area contributed by atoms with Gasteiger partial charge in [-0.15, -0.1) is 0 Å². The number of esters is 2. The average Bonchev–Trinajstić information content (AvgIpc) is 3.00. The molecule has 0 aromatic carbocycles. The molecular formula is C15H20O5. The van der Waals surface area contributed by atoms with E-state index in [0.717, 1.165) is 12.0 Å². The third kappa shape index (κ3) is 1.87. The smallest absolute Gasteiger partial charge is 0.310 e. The van der Waals surface area contributed by atoms with Crippen molar-refractivity contribution >= 4 is 11.9 Å². The Kier molecular flexibility index (Phi) is 3.32. The van der Waals surface area contributed by atoms with E-state index < -0.39 is 0 Å². The number of carbonyl (C=O) groups is 2. The zero-order chi connectivity index (χ0) is 14.4. The number of hydrogen-bond acceptors (Lipinski definition) is 5. The zero-order valence-electron chi connectivity index (χ0n) is 11.8. The van der Waals surface area contributed by atoms with Gasteiger partial charge in [0.1, 0.15) is 6.10 Å². The van der Waals surface area contributed by atoms with Gasteiger partial charge >= 0.3 is 11.9 Å². The lowest BCUT2D eigenvalue weighted by Gasteiger charge is -2.30. The monoisotopic (exact) mass is 280 g/mol. The van der Waals surface area contributed by atoms with Crippen LogP contribution in [0.5, 0.6) is 0 Å². The minimum Gasteiger partial charge on any atom is -0.469 e. The first-order valence-corrected chi connectivity index (χ1v) is 7.05. The van der Waals surface area contributed by atoms with Gasteiger partial charge in [0, 0.05) is 11.8 Å². The summed E-state index contributed by atoms with van der Waals surface area (Å²) in [4.78, 5) is 23.9. The van der Waals surface area contributed by atoms with E-state index in [1.54, 1.807) is 0 Å². The molecule has 1 heterocycles. The minimum atomic E-state index is -0.352. The van der Waals surface area contributed by atoms with Gasteiger partial charge in [-0.2, -0.15) is 0 Å². The summed E-state index contributed by atoms with van der Waals surface area (Å²) in [5.74, 6) is -0.769. The molecule has 0 aromatic rings. The molecular weight excluding hydrogens is 260 g/mol. The number of carbonyl (C=O) groups excluding carboxylic acids is 2. The summed E-state index contributed by atoms with van der Waals surface area (Å²) in [7, 11) is 1.37. The summed E-state index contributed by atoms with van der Waals surface area (Å²) >= 11 is 0. The van der Waals surface area contributed by atoms with Crippen molar-refractivity contribution in [1.29, 1.82) is 0 Å². The van der Waals surface area contributed by atoms with Crippen LogP contribution >= 0.6 is 0 Å². The Morgan fingerprint density at radius 2 is 2.20 bits per heavy atom. The Labute approximate surface area is 118 Å². The lowest BCUT2D eigenvalue weighted by Crippen LogP contribution is -2.40. The molecule has 0 amide bonds. The predicted molar refractivity (Wildman–Crippen MR) is 69.6 cm³/mol. The standard InChI is InChI=1S/C15H20O5/c1-7(2)5-19-6-10-8-4-9-12(11(8)14(16)18-3)15(17)20-13(9)10/h8-13H,1,4-6H2,2-3H3. The van der Waals surface area contributed by atoms with E-state index in [0.29, 0.717) is 13.2 Å².